The molecule has 6 N–H and O–H groups in total. The number of aromatic nitrogens is 2. The van der Waals surface area contributed by atoms with Crippen LogP contribution in [-0.4, -0.2) is 86.2 Å². The predicted octanol–water partition coefficient (Wildman–Crippen LogP) is 1.25. The second kappa shape index (κ2) is 10.8. The van der Waals surface area contributed by atoms with Gasteiger partial charge in [-0.1, -0.05) is 24.3 Å². The van der Waals surface area contributed by atoms with Crippen LogP contribution >= 0.6 is 0 Å². The third kappa shape index (κ3) is 6.40. The molecule has 0 radical (unpaired) electrons. The van der Waals surface area contributed by atoms with Gasteiger partial charge in [0.2, 0.25) is 11.7 Å². The Morgan fingerprint density at radius 1 is 1.26 bits per heavy atom. The lowest BCUT2D eigenvalue weighted by molar-refractivity contribution is -0.258. The van der Waals surface area contributed by atoms with Crippen LogP contribution in [0.3, 0.4) is 0 Å². The molecule has 1 aliphatic heterocycles. The molecular formula is C25H32F4N6O4. The fraction of sp³-hybridized carbons (Fsp3) is 0.560. The maximum atomic E-state index is 15.6. The quantitative estimate of drug-likeness (QED) is 0.273. The summed E-state index contributed by atoms with van der Waals surface area (Å²) in [4.78, 5) is 22.5. The number of aliphatic hydroxyl groups excluding tert-OH is 1. The van der Waals surface area contributed by atoms with Gasteiger partial charge in [-0.3, -0.25) is 9.69 Å². The summed E-state index contributed by atoms with van der Waals surface area (Å²) in [5.41, 5.74) is 0.878. The summed E-state index contributed by atoms with van der Waals surface area (Å²) in [5.74, 6) is -1.51. The smallest absolute Gasteiger partial charge is 0.389 e. The summed E-state index contributed by atoms with van der Waals surface area (Å²) in [6.07, 6.45) is -3.23. The van der Waals surface area contributed by atoms with Gasteiger partial charge in [-0.25, -0.2) is 9.97 Å². The van der Waals surface area contributed by atoms with Crippen molar-refractivity contribution in [3.8, 4) is 0 Å². The zero-order chi connectivity index (χ0) is 28.6. The topological polar surface area (TPSA) is 148 Å². The fourth-order valence-corrected chi connectivity index (χ4v) is 4.57. The van der Waals surface area contributed by atoms with E-state index in [1.165, 1.54) is 24.3 Å². The van der Waals surface area contributed by atoms with Crippen molar-refractivity contribution in [1.82, 2.24) is 14.9 Å². The normalized spacial score (nSPS) is 23.7. The van der Waals surface area contributed by atoms with Gasteiger partial charge in [0.1, 0.15) is 11.9 Å². The zero-order valence-electron chi connectivity index (χ0n) is 21.3. The second-order valence-corrected chi connectivity index (χ2v) is 10.4. The number of nitrogens with one attached hydrogen (secondary N) is 1. The number of nitrogens with zero attached hydrogens (tertiary/aromatic N) is 4. The number of rotatable bonds is 10. The summed E-state index contributed by atoms with van der Waals surface area (Å²) < 4.78 is 55.1. The molecule has 2 fully saturated rings. The molecule has 0 spiro atoms. The highest BCUT2D eigenvalue weighted by Gasteiger charge is 2.51. The SMILES string of the molecule is CC(O)(c1ccc(CN(c2ncnc(NCC3(O)CCN(CC(N)=O)CC3O)c2F)C2CC2)cc1)C(F)(F)F. The average molecular weight is 557 g/mol. The Kier molecular flexibility index (Phi) is 8.03. The van der Waals surface area contributed by atoms with Crippen molar-refractivity contribution in [2.24, 2.45) is 5.73 Å². The van der Waals surface area contributed by atoms with E-state index in [1.54, 1.807) is 9.80 Å². The van der Waals surface area contributed by atoms with Crippen LogP contribution in [0.25, 0.3) is 0 Å². The van der Waals surface area contributed by atoms with E-state index in [0.29, 0.717) is 19.0 Å². The van der Waals surface area contributed by atoms with E-state index in [4.69, 9.17) is 5.73 Å². The molecule has 39 heavy (non-hydrogen) atoms. The Balaban J connectivity index is 1.46. The van der Waals surface area contributed by atoms with Crippen molar-refractivity contribution in [3.05, 3.63) is 47.5 Å². The molecule has 1 aromatic heterocycles. The number of carbonyl (C=O) groups is 1. The van der Waals surface area contributed by atoms with Crippen LogP contribution in [0.1, 0.15) is 37.3 Å². The number of β-amino-alcohol motifs (C(OH)–C–C–N with tert-alkyl or cyclic N) is 1. The highest BCUT2D eigenvalue weighted by Crippen LogP contribution is 2.39. The number of anilines is 2. The highest BCUT2D eigenvalue weighted by molar-refractivity contribution is 5.75. The highest BCUT2D eigenvalue weighted by atomic mass is 19.4. The molecule has 14 heteroatoms. The van der Waals surface area contributed by atoms with Crippen molar-refractivity contribution in [3.63, 3.8) is 0 Å². The number of piperidine rings is 1. The number of benzene rings is 1. The minimum Gasteiger partial charge on any atom is -0.389 e. The van der Waals surface area contributed by atoms with Crippen LogP contribution in [0, 0.1) is 5.82 Å². The molecule has 3 unspecified atom stereocenters. The molecule has 0 bridgehead atoms. The Morgan fingerprint density at radius 2 is 1.92 bits per heavy atom. The second-order valence-electron chi connectivity index (χ2n) is 10.4. The number of primary amides is 1. The van der Waals surface area contributed by atoms with E-state index in [0.717, 1.165) is 19.2 Å². The van der Waals surface area contributed by atoms with Crippen LogP contribution in [0.4, 0.5) is 29.2 Å². The van der Waals surface area contributed by atoms with Crippen LogP contribution < -0.4 is 16.0 Å². The molecule has 2 aliphatic rings. The molecule has 214 valence electrons. The van der Waals surface area contributed by atoms with Gasteiger partial charge >= 0.3 is 6.18 Å². The zero-order valence-corrected chi connectivity index (χ0v) is 21.3. The molecule has 1 saturated carbocycles. The molecule has 4 rings (SSSR count). The molecule has 2 heterocycles. The first-order valence-corrected chi connectivity index (χ1v) is 12.5. The van der Waals surface area contributed by atoms with Gasteiger partial charge in [0.25, 0.3) is 0 Å². The number of alkyl halides is 3. The third-order valence-electron chi connectivity index (χ3n) is 7.31. The lowest BCUT2D eigenvalue weighted by atomic mass is 9.88. The first-order valence-electron chi connectivity index (χ1n) is 12.5. The van der Waals surface area contributed by atoms with Crippen molar-refractivity contribution < 1.29 is 37.7 Å². The summed E-state index contributed by atoms with van der Waals surface area (Å²) >= 11 is 0. The Hall–Kier alpha value is -3.07. The van der Waals surface area contributed by atoms with E-state index in [2.05, 4.69) is 15.3 Å². The fourth-order valence-electron chi connectivity index (χ4n) is 4.57. The average Bonchev–Trinajstić information content (AvgIpc) is 3.69. The minimum atomic E-state index is -4.84. The van der Waals surface area contributed by atoms with Crippen molar-refractivity contribution in [2.45, 2.75) is 62.3 Å². The molecule has 1 amide bonds. The number of halogens is 4. The number of amides is 1. The van der Waals surface area contributed by atoms with E-state index in [1.807, 2.05) is 0 Å². The van der Waals surface area contributed by atoms with Crippen molar-refractivity contribution in [1.29, 1.82) is 0 Å². The number of nitrogens with two attached hydrogens (primary N) is 1. The molecule has 1 aliphatic carbocycles. The lowest BCUT2D eigenvalue weighted by Crippen LogP contribution is -2.59. The van der Waals surface area contributed by atoms with Gasteiger partial charge in [-0.2, -0.15) is 17.6 Å². The Bertz CT molecular complexity index is 1180. The maximum Gasteiger partial charge on any atom is 0.421 e. The van der Waals surface area contributed by atoms with Gasteiger partial charge < -0.3 is 31.3 Å². The Morgan fingerprint density at radius 3 is 2.49 bits per heavy atom. The van der Waals surface area contributed by atoms with E-state index in [-0.39, 0.29) is 55.8 Å². The maximum absolute atomic E-state index is 15.6. The summed E-state index contributed by atoms with van der Waals surface area (Å²) in [6, 6.07) is 5.26. The van der Waals surface area contributed by atoms with Gasteiger partial charge in [-0.05, 0) is 37.3 Å². The standard InChI is InChI=1S/C25H32F4N6O4/c1-23(38,25(27,28)29)16-4-2-15(3-5-16)10-35(17-6-7-17)22-20(26)21(32-14-33-22)31-13-24(39)8-9-34(11-18(24)36)12-19(30)37/h2-5,14,17-18,36,38-39H,6-13H2,1H3,(H2,30,37)(H,31,32,33). The van der Waals surface area contributed by atoms with Crippen LogP contribution in [0.15, 0.2) is 30.6 Å². The Labute approximate surface area is 222 Å². The summed E-state index contributed by atoms with van der Waals surface area (Å²) in [7, 11) is 0. The van der Waals surface area contributed by atoms with E-state index < -0.39 is 35.2 Å². The van der Waals surface area contributed by atoms with Crippen LogP contribution in [0.2, 0.25) is 0 Å². The number of likely N-dealkylation sites (tertiary alicyclic amines) is 1. The largest absolute Gasteiger partial charge is 0.421 e. The van der Waals surface area contributed by atoms with Gasteiger partial charge in [0.15, 0.2) is 17.2 Å². The summed E-state index contributed by atoms with van der Waals surface area (Å²) in [6.45, 7) is 0.906. The minimum absolute atomic E-state index is 0.00909. The molecule has 1 saturated heterocycles. The third-order valence-corrected chi connectivity index (χ3v) is 7.31. The molecule has 3 atom stereocenters. The number of hydrogen-bond donors (Lipinski definition) is 5. The molecule has 1 aromatic carbocycles. The van der Waals surface area contributed by atoms with Crippen LogP contribution in [0.5, 0.6) is 0 Å². The first-order chi connectivity index (χ1) is 18.2. The number of aliphatic hydroxyl groups is 3. The number of hydrogen-bond acceptors (Lipinski definition) is 9. The monoisotopic (exact) mass is 556 g/mol. The van der Waals surface area contributed by atoms with Crippen LogP contribution in [-0.2, 0) is 16.9 Å². The predicted molar refractivity (Wildman–Crippen MR) is 133 cm³/mol. The van der Waals surface area contributed by atoms with Gasteiger partial charge in [0, 0.05) is 32.2 Å². The van der Waals surface area contributed by atoms with Gasteiger partial charge in [-0.15, -0.1) is 0 Å². The first kappa shape index (κ1) is 28.9. The number of carbonyl (C=O) groups excluding carboxylic acids is 1. The summed E-state index contributed by atoms with van der Waals surface area (Å²) in [5, 5.41) is 34.1. The van der Waals surface area contributed by atoms with Gasteiger partial charge in [0.05, 0.1) is 12.6 Å². The van der Waals surface area contributed by atoms with E-state index >= 15 is 4.39 Å². The molecule has 2 aromatic rings. The van der Waals surface area contributed by atoms with E-state index in [9.17, 15) is 33.3 Å². The van der Waals surface area contributed by atoms with Crippen molar-refractivity contribution >= 4 is 17.5 Å². The molecular weight excluding hydrogens is 524 g/mol. The molecule has 10 nitrogen and oxygen atoms in total. The lowest BCUT2D eigenvalue weighted by Gasteiger charge is -2.41. The van der Waals surface area contributed by atoms with Crippen molar-refractivity contribution in [2.75, 3.05) is 36.4 Å².